The average molecular weight is 499 g/mol. The van der Waals surface area contributed by atoms with E-state index in [-0.39, 0.29) is 58.9 Å². The van der Waals surface area contributed by atoms with Gasteiger partial charge in [0.15, 0.2) is 5.96 Å². The maximum atomic E-state index is 13.5. The Labute approximate surface area is 215 Å². The van der Waals surface area contributed by atoms with Crippen molar-refractivity contribution >= 4 is 17.8 Å². The van der Waals surface area contributed by atoms with Crippen LogP contribution < -0.4 is 15.4 Å². The second-order valence-corrected chi connectivity index (χ2v) is 11.4. The maximum absolute atomic E-state index is 13.5. The van der Waals surface area contributed by atoms with E-state index in [9.17, 15) is 9.59 Å². The summed E-state index contributed by atoms with van der Waals surface area (Å²) in [5.74, 6) is 0.727. The van der Waals surface area contributed by atoms with Gasteiger partial charge in [0.25, 0.3) is 0 Å². The topological polar surface area (TPSA) is 104 Å². The number of nitrogens with zero attached hydrogens (tertiary/aromatic N) is 1. The molecule has 2 aliphatic heterocycles. The highest BCUT2D eigenvalue weighted by Gasteiger charge is 2.54. The van der Waals surface area contributed by atoms with Crippen LogP contribution in [0.4, 0.5) is 0 Å². The molecule has 4 rings (SSSR count). The Kier molecular flexibility index (Phi) is 7.37. The number of para-hydroxylation sites is 1. The Bertz CT molecular complexity index is 985. The Hall–Kier alpha value is -2.61. The summed E-state index contributed by atoms with van der Waals surface area (Å²) in [4.78, 5) is 28.4. The molecule has 0 aromatic heterocycles. The van der Waals surface area contributed by atoms with Crippen molar-refractivity contribution in [2.75, 3.05) is 7.11 Å². The molecule has 3 N–H and O–H groups in total. The normalized spacial score (nSPS) is 27.8. The number of rotatable bonds is 9. The molecule has 198 valence electrons. The zero-order chi connectivity index (χ0) is 26.3. The van der Waals surface area contributed by atoms with Crippen LogP contribution in [0.5, 0.6) is 5.75 Å². The second kappa shape index (κ2) is 10.0. The summed E-state index contributed by atoms with van der Waals surface area (Å²) in [6.07, 6.45) is 3.80. The lowest BCUT2D eigenvalue weighted by molar-refractivity contribution is -0.134. The fraction of sp³-hybridized carbons (Fsp3) is 0.679. The molecule has 0 bridgehead atoms. The predicted octanol–water partition coefficient (Wildman–Crippen LogP) is 4.15. The van der Waals surface area contributed by atoms with Crippen molar-refractivity contribution in [3.63, 3.8) is 0 Å². The molecule has 2 heterocycles. The van der Waals surface area contributed by atoms with Gasteiger partial charge in [0.2, 0.25) is 11.8 Å². The van der Waals surface area contributed by atoms with Crippen LogP contribution >= 0.6 is 0 Å². The van der Waals surface area contributed by atoms with Gasteiger partial charge in [-0.3, -0.25) is 19.9 Å². The first-order valence-electron chi connectivity index (χ1n) is 13.3. The number of ether oxygens (including phenoxy) is 2. The van der Waals surface area contributed by atoms with Crippen LogP contribution in [0.1, 0.15) is 84.7 Å². The SMILES string of the molecule is CCC1(CC)CC(=O)N(C(CC(C)OC)C2C[C@H]2C(=O)N[C@@H]2CC(C)(C)Oc3ccccc32)C(=N)N1. The molecule has 8 heteroatoms. The molecule has 1 aromatic rings. The molecule has 3 aliphatic rings. The second-order valence-electron chi connectivity index (χ2n) is 11.4. The van der Waals surface area contributed by atoms with Crippen molar-refractivity contribution in [2.24, 2.45) is 11.8 Å². The number of carbonyl (C=O) groups is 2. The van der Waals surface area contributed by atoms with E-state index in [1.807, 2.05) is 58.9 Å². The Morgan fingerprint density at radius 1 is 1.31 bits per heavy atom. The maximum Gasteiger partial charge on any atom is 0.231 e. The lowest BCUT2D eigenvalue weighted by Gasteiger charge is -2.45. The highest BCUT2D eigenvalue weighted by atomic mass is 16.5. The van der Waals surface area contributed by atoms with Gasteiger partial charge in [-0.15, -0.1) is 0 Å². The van der Waals surface area contributed by atoms with E-state index in [0.29, 0.717) is 25.7 Å². The van der Waals surface area contributed by atoms with Crippen molar-refractivity contribution < 1.29 is 19.1 Å². The van der Waals surface area contributed by atoms with Gasteiger partial charge in [-0.2, -0.15) is 0 Å². The largest absolute Gasteiger partial charge is 0.487 e. The molecule has 2 fully saturated rings. The molecule has 1 saturated carbocycles. The average Bonchev–Trinajstić information content (AvgIpc) is 3.63. The number of hydrogen-bond acceptors (Lipinski definition) is 5. The summed E-state index contributed by atoms with van der Waals surface area (Å²) < 4.78 is 11.7. The summed E-state index contributed by atoms with van der Waals surface area (Å²) in [6, 6.07) is 7.49. The summed E-state index contributed by atoms with van der Waals surface area (Å²) >= 11 is 0. The van der Waals surface area contributed by atoms with Gasteiger partial charge < -0.3 is 20.1 Å². The Morgan fingerprint density at radius 3 is 2.64 bits per heavy atom. The molecule has 36 heavy (non-hydrogen) atoms. The molecule has 1 aliphatic carbocycles. The highest BCUT2D eigenvalue weighted by Crippen LogP contribution is 2.47. The summed E-state index contributed by atoms with van der Waals surface area (Å²) in [7, 11) is 1.66. The number of guanidine groups is 1. The van der Waals surface area contributed by atoms with Crippen molar-refractivity contribution in [2.45, 2.75) is 102 Å². The highest BCUT2D eigenvalue weighted by molar-refractivity contribution is 5.99. The van der Waals surface area contributed by atoms with Gasteiger partial charge in [-0.1, -0.05) is 32.0 Å². The fourth-order valence-electron chi connectivity index (χ4n) is 5.94. The third-order valence-electron chi connectivity index (χ3n) is 8.41. The number of amides is 2. The molecule has 8 nitrogen and oxygen atoms in total. The third kappa shape index (κ3) is 5.24. The first kappa shape index (κ1) is 26.5. The predicted molar refractivity (Wildman–Crippen MR) is 139 cm³/mol. The van der Waals surface area contributed by atoms with Crippen molar-refractivity contribution in [3.05, 3.63) is 29.8 Å². The van der Waals surface area contributed by atoms with Crippen LogP contribution in [0.3, 0.4) is 0 Å². The van der Waals surface area contributed by atoms with Gasteiger partial charge >= 0.3 is 0 Å². The van der Waals surface area contributed by atoms with Gasteiger partial charge in [-0.25, -0.2) is 0 Å². The number of fused-ring (bicyclic) bond motifs is 1. The first-order valence-corrected chi connectivity index (χ1v) is 13.3. The fourth-order valence-corrected chi connectivity index (χ4v) is 5.94. The van der Waals surface area contributed by atoms with E-state index in [4.69, 9.17) is 14.9 Å². The standard InChI is InChI=1S/C28H42N4O4/c1-7-28(8-2)16-24(33)32(26(29)31-28)22(13-17(3)35-6)19-14-20(19)25(34)30-21-15-27(4,5)36-23-12-10-9-11-18(21)23/h9-12,17,19-22H,7-8,13-16H2,1-6H3,(H2,29,31)(H,30,34)/t17?,19?,20-,21-,22?/m1/s1. The smallest absolute Gasteiger partial charge is 0.231 e. The van der Waals surface area contributed by atoms with Crippen LogP contribution in [0.25, 0.3) is 0 Å². The minimum absolute atomic E-state index is 0.00690. The zero-order valence-corrected chi connectivity index (χ0v) is 22.5. The third-order valence-corrected chi connectivity index (χ3v) is 8.41. The van der Waals surface area contributed by atoms with Crippen molar-refractivity contribution in [1.29, 1.82) is 5.41 Å². The van der Waals surface area contributed by atoms with E-state index in [0.717, 1.165) is 24.2 Å². The molecular weight excluding hydrogens is 456 g/mol. The molecule has 5 atom stereocenters. The van der Waals surface area contributed by atoms with E-state index in [1.54, 1.807) is 12.0 Å². The van der Waals surface area contributed by atoms with Crippen LogP contribution in [-0.2, 0) is 14.3 Å². The molecule has 0 radical (unpaired) electrons. The molecule has 3 unspecified atom stereocenters. The van der Waals surface area contributed by atoms with Gasteiger partial charge in [-0.05, 0) is 58.4 Å². The molecule has 1 aromatic carbocycles. The van der Waals surface area contributed by atoms with Crippen molar-refractivity contribution in [3.8, 4) is 5.75 Å². The number of nitrogens with one attached hydrogen (secondary N) is 3. The number of benzene rings is 1. The lowest BCUT2D eigenvalue weighted by Crippen LogP contribution is -2.64. The summed E-state index contributed by atoms with van der Waals surface area (Å²) in [5.41, 5.74) is 0.253. The van der Waals surface area contributed by atoms with E-state index in [1.165, 1.54) is 0 Å². The number of carbonyl (C=O) groups excluding carboxylic acids is 2. The quantitative estimate of drug-likeness (QED) is 0.475. The van der Waals surface area contributed by atoms with E-state index >= 15 is 0 Å². The van der Waals surface area contributed by atoms with Crippen LogP contribution in [-0.4, -0.2) is 53.1 Å². The zero-order valence-electron chi connectivity index (χ0n) is 22.5. The first-order chi connectivity index (χ1) is 17.0. The molecular formula is C28H42N4O4. The minimum atomic E-state index is -0.377. The molecule has 1 saturated heterocycles. The van der Waals surface area contributed by atoms with Gasteiger partial charge in [0, 0.05) is 36.6 Å². The number of methoxy groups -OCH3 is 1. The molecule has 0 spiro atoms. The van der Waals surface area contributed by atoms with Gasteiger partial charge in [0.05, 0.1) is 18.6 Å². The van der Waals surface area contributed by atoms with Crippen molar-refractivity contribution in [1.82, 2.24) is 15.5 Å². The van der Waals surface area contributed by atoms with Crippen LogP contribution in [0.15, 0.2) is 24.3 Å². The van der Waals surface area contributed by atoms with Crippen LogP contribution in [0, 0.1) is 17.2 Å². The Balaban J connectivity index is 1.50. The number of hydrogen-bond donors (Lipinski definition) is 3. The summed E-state index contributed by atoms with van der Waals surface area (Å²) in [6.45, 7) is 10.1. The Morgan fingerprint density at radius 2 is 2.00 bits per heavy atom. The molecule has 2 amide bonds. The van der Waals surface area contributed by atoms with E-state index < -0.39 is 0 Å². The summed E-state index contributed by atoms with van der Waals surface area (Å²) in [5, 5.41) is 15.3. The van der Waals surface area contributed by atoms with E-state index in [2.05, 4.69) is 10.6 Å². The van der Waals surface area contributed by atoms with Crippen LogP contribution in [0.2, 0.25) is 0 Å². The minimum Gasteiger partial charge on any atom is -0.487 e. The van der Waals surface area contributed by atoms with Gasteiger partial charge in [0.1, 0.15) is 11.4 Å². The monoisotopic (exact) mass is 498 g/mol. The lowest BCUT2D eigenvalue weighted by atomic mass is 9.86.